The van der Waals surface area contributed by atoms with Crippen molar-refractivity contribution in [2.45, 2.75) is 50.2 Å². The molecule has 15 heavy (non-hydrogen) atoms. The van der Waals surface area contributed by atoms with Crippen molar-refractivity contribution in [3.05, 3.63) is 0 Å². The Bertz CT molecular complexity index is 184. The Labute approximate surface area is 98.2 Å². The summed E-state index contributed by atoms with van der Waals surface area (Å²) in [5.41, 5.74) is 0. The van der Waals surface area contributed by atoms with Gasteiger partial charge in [0.1, 0.15) is 0 Å². The predicted molar refractivity (Wildman–Crippen MR) is 68.6 cm³/mol. The van der Waals surface area contributed by atoms with Gasteiger partial charge in [0, 0.05) is 23.9 Å². The molecule has 1 saturated carbocycles. The first kappa shape index (κ1) is 11.7. The van der Waals surface area contributed by atoms with Crippen LogP contribution in [0.3, 0.4) is 0 Å². The molecular formula is C12H24N2S. The average Bonchev–Trinajstić information content (AvgIpc) is 2.82. The fraction of sp³-hybridized carbons (Fsp3) is 1.00. The van der Waals surface area contributed by atoms with Gasteiger partial charge in [0.25, 0.3) is 0 Å². The minimum absolute atomic E-state index is 0.785. The summed E-state index contributed by atoms with van der Waals surface area (Å²) in [5.74, 6) is 2.74. The van der Waals surface area contributed by atoms with Crippen LogP contribution in [0.15, 0.2) is 0 Å². The molecule has 0 aromatic heterocycles. The highest BCUT2D eigenvalue weighted by Crippen LogP contribution is 2.28. The summed E-state index contributed by atoms with van der Waals surface area (Å²) in [6.45, 7) is 0. The monoisotopic (exact) mass is 228 g/mol. The first-order chi connectivity index (χ1) is 7.31. The van der Waals surface area contributed by atoms with Crippen molar-refractivity contribution in [2.75, 3.05) is 25.6 Å². The van der Waals surface area contributed by atoms with Crippen LogP contribution in [0.4, 0.5) is 0 Å². The molecule has 1 aliphatic heterocycles. The standard InChI is InChI=1S/C12H24N2S/c1-13-10-3-5-11(6-4-10)14(2)12-7-8-15-9-12/h10-13H,3-9H2,1-2H3. The van der Waals surface area contributed by atoms with Crippen molar-refractivity contribution in [3.63, 3.8) is 0 Å². The molecule has 0 amide bonds. The predicted octanol–water partition coefficient (Wildman–Crippen LogP) is 1.95. The Hall–Kier alpha value is 0.270. The number of hydrogen-bond acceptors (Lipinski definition) is 3. The fourth-order valence-electron chi connectivity index (χ4n) is 2.91. The maximum absolute atomic E-state index is 3.41. The molecule has 2 rings (SSSR count). The highest BCUT2D eigenvalue weighted by atomic mass is 32.2. The molecule has 2 fully saturated rings. The van der Waals surface area contributed by atoms with E-state index in [-0.39, 0.29) is 0 Å². The molecule has 1 saturated heterocycles. The van der Waals surface area contributed by atoms with Crippen LogP contribution in [0.2, 0.25) is 0 Å². The van der Waals surface area contributed by atoms with E-state index in [4.69, 9.17) is 0 Å². The zero-order chi connectivity index (χ0) is 10.7. The highest BCUT2D eigenvalue weighted by molar-refractivity contribution is 7.99. The summed E-state index contributed by atoms with van der Waals surface area (Å²) in [6, 6.07) is 2.51. The van der Waals surface area contributed by atoms with E-state index in [2.05, 4.69) is 36.1 Å². The summed E-state index contributed by atoms with van der Waals surface area (Å²) in [6.07, 6.45) is 6.93. The second-order valence-electron chi connectivity index (χ2n) is 4.98. The third-order valence-corrected chi connectivity index (χ3v) is 5.31. The average molecular weight is 228 g/mol. The first-order valence-corrected chi connectivity index (χ1v) is 7.43. The SMILES string of the molecule is CNC1CCC(N(C)C2CCSC2)CC1. The van der Waals surface area contributed by atoms with Crippen LogP contribution in [0.25, 0.3) is 0 Å². The van der Waals surface area contributed by atoms with E-state index in [1.807, 2.05) is 0 Å². The number of rotatable bonds is 3. The molecule has 88 valence electrons. The Morgan fingerprint density at radius 1 is 1.07 bits per heavy atom. The van der Waals surface area contributed by atoms with Gasteiger partial charge in [-0.25, -0.2) is 0 Å². The van der Waals surface area contributed by atoms with E-state index in [1.54, 1.807) is 0 Å². The van der Waals surface area contributed by atoms with Crippen molar-refractivity contribution in [3.8, 4) is 0 Å². The maximum atomic E-state index is 3.41. The minimum Gasteiger partial charge on any atom is -0.317 e. The molecule has 1 heterocycles. The van der Waals surface area contributed by atoms with Crippen molar-refractivity contribution >= 4 is 11.8 Å². The lowest BCUT2D eigenvalue weighted by molar-refractivity contribution is 0.139. The van der Waals surface area contributed by atoms with Crippen LogP contribution in [-0.4, -0.2) is 48.6 Å². The van der Waals surface area contributed by atoms with Gasteiger partial charge < -0.3 is 5.32 Å². The largest absolute Gasteiger partial charge is 0.317 e. The van der Waals surface area contributed by atoms with Crippen LogP contribution < -0.4 is 5.32 Å². The van der Waals surface area contributed by atoms with Gasteiger partial charge >= 0.3 is 0 Å². The van der Waals surface area contributed by atoms with Crippen molar-refractivity contribution < 1.29 is 0 Å². The number of nitrogens with one attached hydrogen (secondary N) is 1. The quantitative estimate of drug-likeness (QED) is 0.795. The molecule has 0 aromatic rings. The fourth-order valence-corrected chi connectivity index (χ4v) is 4.19. The van der Waals surface area contributed by atoms with E-state index in [1.165, 1.54) is 43.6 Å². The van der Waals surface area contributed by atoms with Crippen molar-refractivity contribution in [1.29, 1.82) is 0 Å². The number of hydrogen-bond donors (Lipinski definition) is 1. The van der Waals surface area contributed by atoms with E-state index in [9.17, 15) is 0 Å². The van der Waals surface area contributed by atoms with Crippen LogP contribution >= 0.6 is 11.8 Å². The van der Waals surface area contributed by atoms with Crippen LogP contribution in [-0.2, 0) is 0 Å². The van der Waals surface area contributed by atoms with Crippen molar-refractivity contribution in [1.82, 2.24) is 10.2 Å². The highest BCUT2D eigenvalue weighted by Gasteiger charge is 2.28. The molecule has 3 heteroatoms. The molecule has 0 aromatic carbocycles. The van der Waals surface area contributed by atoms with Gasteiger partial charge in [-0.05, 0) is 52.0 Å². The lowest BCUT2D eigenvalue weighted by atomic mass is 9.90. The van der Waals surface area contributed by atoms with Gasteiger partial charge in [0.05, 0.1) is 0 Å². The normalized spacial score (nSPS) is 37.4. The summed E-state index contributed by atoms with van der Waals surface area (Å²) < 4.78 is 0. The minimum atomic E-state index is 0.785. The molecule has 1 unspecified atom stereocenters. The molecule has 0 bridgehead atoms. The van der Waals surface area contributed by atoms with Gasteiger partial charge in [-0.15, -0.1) is 0 Å². The summed E-state index contributed by atoms with van der Waals surface area (Å²) >= 11 is 2.13. The summed E-state index contributed by atoms with van der Waals surface area (Å²) in [7, 11) is 4.45. The van der Waals surface area contributed by atoms with Gasteiger partial charge in [-0.2, -0.15) is 11.8 Å². The van der Waals surface area contributed by atoms with Crippen LogP contribution in [0.5, 0.6) is 0 Å². The smallest absolute Gasteiger partial charge is 0.0194 e. The third kappa shape index (κ3) is 2.89. The van der Waals surface area contributed by atoms with Gasteiger partial charge in [-0.1, -0.05) is 0 Å². The zero-order valence-electron chi connectivity index (χ0n) is 10.0. The lowest BCUT2D eigenvalue weighted by Gasteiger charge is -2.37. The summed E-state index contributed by atoms with van der Waals surface area (Å²) in [5, 5.41) is 3.41. The second-order valence-corrected chi connectivity index (χ2v) is 6.13. The van der Waals surface area contributed by atoms with Gasteiger partial charge in [0.2, 0.25) is 0 Å². The molecule has 1 aliphatic carbocycles. The molecule has 0 spiro atoms. The first-order valence-electron chi connectivity index (χ1n) is 6.28. The van der Waals surface area contributed by atoms with Crippen molar-refractivity contribution in [2.24, 2.45) is 0 Å². The lowest BCUT2D eigenvalue weighted by Crippen LogP contribution is -2.44. The molecule has 1 atom stereocenters. The Morgan fingerprint density at radius 3 is 2.33 bits per heavy atom. The van der Waals surface area contributed by atoms with E-state index >= 15 is 0 Å². The van der Waals surface area contributed by atoms with Gasteiger partial charge in [-0.3, -0.25) is 4.90 Å². The zero-order valence-corrected chi connectivity index (χ0v) is 10.9. The molecule has 2 nitrogen and oxygen atoms in total. The second kappa shape index (κ2) is 5.55. The number of thioether (sulfide) groups is 1. The Morgan fingerprint density at radius 2 is 1.80 bits per heavy atom. The number of nitrogens with zero attached hydrogens (tertiary/aromatic N) is 1. The molecule has 0 radical (unpaired) electrons. The van der Waals surface area contributed by atoms with E-state index in [0.29, 0.717) is 0 Å². The Kier molecular flexibility index (Phi) is 4.35. The molecule has 2 aliphatic rings. The van der Waals surface area contributed by atoms with E-state index < -0.39 is 0 Å². The van der Waals surface area contributed by atoms with Gasteiger partial charge in [0.15, 0.2) is 0 Å². The summed E-state index contributed by atoms with van der Waals surface area (Å²) in [4.78, 5) is 2.67. The van der Waals surface area contributed by atoms with Crippen LogP contribution in [0, 0.1) is 0 Å². The molecular weight excluding hydrogens is 204 g/mol. The topological polar surface area (TPSA) is 15.3 Å². The third-order valence-electron chi connectivity index (χ3n) is 4.16. The molecule has 1 N–H and O–H groups in total. The Balaban J connectivity index is 1.78. The van der Waals surface area contributed by atoms with Crippen LogP contribution in [0.1, 0.15) is 32.1 Å². The van der Waals surface area contributed by atoms with E-state index in [0.717, 1.165) is 18.1 Å². The maximum Gasteiger partial charge on any atom is 0.0194 e.